The minimum absolute atomic E-state index is 0.125. The van der Waals surface area contributed by atoms with Crippen LogP contribution in [0.4, 0.5) is 0 Å². The molecular weight excluding hydrogens is 420 g/mol. The molecule has 0 saturated heterocycles. The second-order valence-corrected chi connectivity index (χ2v) is 10.1. The fourth-order valence-electron chi connectivity index (χ4n) is 5.87. The quantitative estimate of drug-likeness (QED) is 0.251. The van der Waals surface area contributed by atoms with E-state index in [0.717, 1.165) is 12.8 Å². The Bertz CT molecular complexity index is 1430. The van der Waals surface area contributed by atoms with Crippen molar-refractivity contribution in [1.82, 2.24) is 0 Å². The van der Waals surface area contributed by atoms with Gasteiger partial charge in [0, 0.05) is 5.41 Å². The molecule has 0 amide bonds. The van der Waals surface area contributed by atoms with Crippen molar-refractivity contribution in [3.63, 3.8) is 0 Å². The smallest absolute Gasteiger partial charge is 0.0296 e. The molecule has 1 aliphatic carbocycles. The molecular formula is C35H30. The van der Waals surface area contributed by atoms with Gasteiger partial charge in [-0.05, 0) is 77.3 Å². The van der Waals surface area contributed by atoms with Crippen LogP contribution in [-0.2, 0) is 18.3 Å². The van der Waals surface area contributed by atoms with Gasteiger partial charge in [-0.15, -0.1) is 0 Å². The van der Waals surface area contributed by atoms with Crippen molar-refractivity contribution < 1.29 is 0 Å². The van der Waals surface area contributed by atoms with Crippen LogP contribution in [0.1, 0.15) is 33.4 Å². The molecule has 0 atom stereocenters. The summed E-state index contributed by atoms with van der Waals surface area (Å²) in [5.41, 5.74) is 13.5. The van der Waals surface area contributed by atoms with E-state index in [0.29, 0.717) is 0 Å². The van der Waals surface area contributed by atoms with Gasteiger partial charge in [0.1, 0.15) is 0 Å². The molecule has 0 radical (unpaired) electrons. The molecule has 5 aromatic carbocycles. The Hall–Kier alpha value is -3.90. The minimum atomic E-state index is -0.125. The van der Waals surface area contributed by atoms with Crippen molar-refractivity contribution in [1.29, 1.82) is 0 Å². The van der Waals surface area contributed by atoms with Crippen molar-refractivity contribution >= 4 is 0 Å². The first-order chi connectivity index (χ1) is 17.1. The normalized spacial score (nSPS) is 13.3. The van der Waals surface area contributed by atoms with E-state index in [9.17, 15) is 0 Å². The van der Waals surface area contributed by atoms with Crippen LogP contribution in [0.25, 0.3) is 22.3 Å². The number of benzene rings is 5. The molecule has 0 aromatic heterocycles. The van der Waals surface area contributed by atoms with Crippen molar-refractivity contribution in [2.45, 2.75) is 32.1 Å². The first-order valence-electron chi connectivity index (χ1n) is 12.5. The molecule has 1 aliphatic rings. The van der Waals surface area contributed by atoms with Crippen LogP contribution < -0.4 is 0 Å². The average Bonchev–Trinajstić information content (AvgIpc) is 3.14. The third-order valence-electron chi connectivity index (χ3n) is 7.60. The summed E-state index contributed by atoms with van der Waals surface area (Å²) < 4.78 is 0. The molecule has 0 unspecified atom stereocenters. The second kappa shape index (κ2) is 8.71. The molecule has 170 valence electrons. The summed E-state index contributed by atoms with van der Waals surface area (Å²) in [5, 5.41) is 0. The fourth-order valence-corrected chi connectivity index (χ4v) is 5.87. The predicted molar refractivity (Wildman–Crippen MR) is 148 cm³/mol. The lowest BCUT2D eigenvalue weighted by atomic mass is 9.69. The van der Waals surface area contributed by atoms with Crippen LogP contribution in [0.5, 0.6) is 0 Å². The lowest BCUT2D eigenvalue weighted by Crippen LogP contribution is -2.31. The third-order valence-corrected chi connectivity index (χ3v) is 7.60. The standard InChI is InChI=1S/C35H30/c1-25-13-16-29(17-14-25)30-18-20-32-31-19-15-26(2)21-33(31)35(34(32)22-30,23-27-9-5-3-6-10-27)24-28-11-7-4-8-12-28/h3-22H,23-24H2,1-2H3. The zero-order chi connectivity index (χ0) is 23.8. The predicted octanol–water partition coefficient (Wildman–Crippen LogP) is 8.72. The number of fused-ring (bicyclic) bond motifs is 3. The van der Waals surface area contributed by atoms with E-state index in [4.69, 9.17) is 0 Å². The van der Waals surface area contributed by atoms with E-state index < -0.39 is 0 Å². The molecule has 5 aromatic rings. The van der Waals surface area contributed by atoms with Crippen molar-refractivity contribution in [2.24, 2.45) is 0 Å². The third kappa shape index (κ3) is 3.90. The lowest BCUT2D eigenvalue weighted by molar-refractivity contribution is 0.520. The van der Waals surface area contributed by atoms with Gasteiger partial charge in [0.25, 0.3) is 0 Å². The Kier molecular flexibility index (Phi) is 5.38. The summed E-state index contributed by atoms with van der Waals surface area (Å²) in [4.78, 5) is 0. The van der Waals surface area contributed by atoms with Crippen molar-refractivity contribution in [2.75, 3.05) is 0 Å². The Morgan fingerprint density at radius 2 is 0.943 bits per heavy atom. The van der Waals surface area contributed by atoms with Crippen molar-refractivity contribution in [3.8, 4) is 22.3 Å². The highest BCUT2D eigenvalue weighted by atomic mass is 14.5. The van der Waals surface area contributed by atoms with Gasteiger partial charge in [-0.3, -0.25) is 0 Å². The molecule has 0 nitrogen and oxygen atoms in total. The van der Waals surface area contributed by atoms with Crippen LogP contribution in [0.3, 0.4) is 0 Å². The van der Waals surface area contributed by atoms with E-state index in [-0.39, 0.29) is 5.41 Å². The first kappa shape index (κ1) is 21.6. The summed E-state index contributed by atoms with van der Waals surface area (Å²) in [5.74, 6) is 0. The number of hydrogen-bond acceptors (Lipinski definition) is 0. The molecule has 0 fully saturated rings. The second-order valence-electron chi connectivity index (χ2n) is 10.1. The van der Waals surface area contributed by atoms with Crippen molar-refractivity contribution in [3.05, 3.63) is 155 Å². The van der Waals surface area contributed by atoms with Crippen LogP contribution in [0.15, 0.2) is 121 Å². The number of aryl methyl sites for hydroxylation is 2. The maximum absolute atomic E-state index is 2.47. The van der Waals surface area contributed by atoms with Gasteiger partial charge in [0.15, 0.2) is 0 Å². The number of rotatable bonds is 5. The SMILES string of the molecule is Cc1ccc(-c2ccc3c(c2)C(Cc2ccccc2)(Cc2ccccc2)c2cc(C)ccc2-3)cc1. The highest BCUT2D eigenvalue weighted by molar-refractivity contribution is 5.84. The Morgan fingerprint density at radius 3 is 1.54 bits per heavy atom. The maximum Gasteiger partial charge on any atom is 0.0296 e. The molecule has 0 saturated carbocycles. The summed E-state index contributed by atoms with van der Waals surface area (Å²) in [6, 6.07) is 45.1. The van der Waals surface area contributed by atoms with E-state index >= 15 is 0 Å². The Balaban J connectivity index is 1.61. The maximum atomic E-state index is 2.47. The van der Waals surface area contributed by atoms with Gasteiger partial charge in [0.05, 0.1) is 0 Å². The fraction of sp³-hybridized carbons (Fsp3) is 0.143. The average molecular weight is 451 g/mol. The molecule has 0 bridgehead atoms. The van der Waals surface area contributed by atoms with Gasteiger partial charge in [0.2, 0.25) is 0 Å². The number of hydrogen-bond donors (Lipinski definition) is 0. The zero-order valence-electron chi connectivity index (χ0n) is 20.5. The molecule has 0 N–H and O–H groups in total. The molecule has 0 heterocycles. The van der Waals surface area contributed by atoms with E-state index in [1.165, 1.54) is 55.6 Å². The molecule has 6 rings (SSSR count). The minimum Gasteiger partial charge on any atom is -0.0622 e. The summed E-state index contributed by atoms with van der Waals surface area (Å²) in [7, 11) is 0. The van der Waals surface area contributed by atoms with Gasteiger partial charge in [-0.2, -0.15) is 0 Å². The molecule has 0 heteroatoms. The van der Waals surface area contributed by atoms with Crippen LogP contribution in [0.2, 0.25) is 0 Å². The van der Waals surface area contributed by atoms with E-state index in [1.54, 1.807) is 0 Å². The first-order valence-corrected chi connectivity index (χ1v) is 12.5. The Labute approximate surface area is 208 Å². The van der Waals surface area contributed by atoms with Crippen LogP contribution in [0, 0.1) is 13.8 Å². The molecule has 0 aliphatic heterocycles. The molecule has 0 spiro atoms. The highest BCUT2D eigenvalue weighted by Crippen LogP contribution is 2.53. The topological polar surface area (TPSA) is 0 Å². The van der Waals surface area contributed by atoms with Crippen LogP contribution in [-0.4, -0.2) is 0 Å². The summed E-state index contributed by atoms with van der Waals surface area (Å²) in [6.07, 6.45) is 1.95. The van der Waals surface area contributed by atoms with Gasteiger partial charge >= 0.3 is 0 Å². The lowest BCUT2D eigenvalue weighted by Gasteiger charge is -2.33. The van der Waals surface area contributed by atoms with Gasteiger partial charge in [-0.1, -0.05) is 126 Å². The zero-order valence-corrected chi connectivity index (χ0v) is 20.5. The van der Waals surface area contributed by atoms with E-state index in [1.807, 2.05) is 0 Å². The highest BCUT2D eigenvalue weighted by Gasteiger charge is 2.43. The van der Waals surface area contributed by atoms with Gasteiger partial charge < -0.3 is 0 Å². The summed E-state index contributed by atoms with van der Waals surface area (Å²) in [6.45, 7) is 4.37. The largest absolute Gasteiger partial charge is 0.0622 e. The monoisotopic (exact) mass is 450 g/mol. The van der Waals surface area contributed by atoms with Gasteiger partial charge in [-0.25, -0.2) is 0 Å². The molecule has 35 heavy (non-hydrogen) atoms. The van der Waals surface area contributed by atoms with E-state index in [2.05, 4.69) is 135 Å². The summed E-state index contributed by atoms with van der Waals surface area (Å²) >= 11 is 0. The van der Waals surface area contributed by atoms with Crippen LogP contribution >= 0.6 is 0 Å². The Morgan fingerprint density at radius 1 is 0.457 bits per heavy atom.